The molecule has 0 aromatic heterocycles. The van der Waals surface area contributed by atoms with E-state index in [1.54, 1.807) is 0 Å². The Labute approximate surface area is 63.2 Å². The second-order valence-electron chi connectivity index (χ2n) is 2.98. The molecule has 2 heterocycles. The summed E-state index contributed by atoms with van der Waals surface area (Å²) < 4.78 is 9.86. The van der Waals surface area contributed by atoms with Crippen LogP contribution in [-0.4, -0.2) is 52.6 Å². The molecule has 0 saturated carbocycles. The van der Waals surface area contributed by atoms with E-state index in [-0.39, 0.29) is 13.2 Å². The fourth-order valence-corrected chi connectivity index (χ4v) is 1.49. The lowest BCUT2D eigenvalue weighted by Gasteiger charge is -2.18. The van der Waals surface area contributed by atoms with E-state index in [0.29, 0.717) is 0 Å². The van der Waals surface area contributed by atoms with Crippen LogP contribution in [0.5, 0.6) is 0 Å². The quantitative estimate of drug-likeness (QED) is 0.353. The molecule has 0 aromatic rings. The van der Waals surface area contributed by atoms with Crippen LogP contribution in [0.1, 0.15) is 0 Å². The number of rotatable bonds is 0. The van der Waals surface area contributed by atoms with Crippen LogP contribution in [0.3, 0.4) is 0 Å². The molecule has 11 heavy (non-hydrogen) atoms. The lowest BCUT2D eigenvalue weighted by Crippen LogP contribution is -2.43. The van der Waals surface area contributed by atoms with Crippen LogP contribution in [-0.2, 0) is 9.47 Å². The second-order valence-corrected chi connectivity index (χ2v) is 2.98. The summed E-state index contributed by atoms with van der Waals surface area (Å²) in [5, 5.41) is 27.5. The molecule has 2 fully saturated rings. The highest BCUT2D eigenvalue weighted by Crippen LogP contribution is 2.32. The summed E-state index contributed by atoms with van der Waals surface area (Å²) in [5.74, 6) is -1.93. The summed E-state index contributed by atoms with van der Waals surface area (Å²) in [4.78, 5) is 0. The minimum Gasteiger partial charge on any atom is -0.388 e. The molecule has 0 aromatic carbocycles. The van der Waals surface area contributed by atoms with Crippen molar-refractivity contribution in [1.29, 1.82) is 0 Å². The lowest BCUT2D eigenvalue weighted by molar-refractivity contribution is -0.210. The normalized spacial score (nSPS) is 47.7. The van der Waals surface area contributed by atoms with E-state index in [1.165, 1.54) is 0 Å². The fraction of sp³-hybridized carbons (Fsp3) is 1.00. The first kappa shape index (κ1) is 7.45. The van der Waals surface area contributed by atoms with Gasteiger partial charge in [-0.15, -0.1) is 0 Å². The van der Waals surface area contributed by atoms with Gasteiger partial charge in [0.15, 0.2) is 0 Å². The van der Waals surface area contributed by atoms with Gasteiger partial charge in [0.25, 0.3) is 0 Å². The molecule has 0 bridgehead atoms. The van der Waals surface area contributed by atoms with Gasteiger partial charge in [0.2, 0.25) is 5.79 Å². The van der Waals surface area contributed by atoms with E-state index in [9.17, 15) is 10.2 Å². The van der Waals surface area contributed by atoms with Gasteiger partial charge >= 0.3 is 0 Å². The van der Waals surface area contributed by atoms with Gasteiger partial charge in [0.1, 0.15) is 24.9 Å². The van der Waals surface area contributed by atoms with Crippen molar-refractivity contribution in [3.8, 4) is 0 Å². The van der Waals surface area contributed by atoms with Crippen molar-refractivity contribution in [1.82, 2.24) is 0 Å². The summed E-state index contributed by atoms with van der Waals surface area (Å²) in [5.41, 5.74) is 0. The number of aliphatic hydroxyl groups is 3. The van der Waals surface area contributed by atoms with Crippen molar-refractivity contribution in [2.24, 2.45) is 0 Å². The zero-order chi connectivity index (χ0) is 8.06. The first-order valence-corrected chi connectivity index (χ1v) is 3.47. The minimum absolute atomic E-state index is 0.109. The van der Waals surface area contributed by atoms with E-state index >= 15 is 0 Å². The minimum atomic E-state index is -1.93. The zero-order valence-corrected chi connectivity index (χ0v) is 5.80. The van der Waals surface area contributed by atoms with E-state index < -0.39 is 24.1 Å². The number of ether oxygens (including phenoxy) is 2. The third kappa shape index (κ3) is 0.969. The molecule has 2 aliphatic rings. The summed E-state index contributed by atoms with van der Waals surface area (Å²) in [6, 6.07) is 0. The van der Waals surface area contributed by atoms with Gasteiger partial charge in [-0.3, -0.25) is 0 Å². The van der Waals surface area contributed by atoms with Crippen LogP contribution in [0.4, 0.5) is 0 Å². The van der Waals surface area contributed by atoms with Gasteiger partial charge in [0, 0.05) is 0 Å². The Bertz CT molecular complexity index is 168. The van der Waals surface area contributed by atoms with E-state index in [2.05, 4.69) is 0 Å². The molecule has 0 radical (unpaired) electrons. The Hall–Kier alpha value is -0.200. The smallest absolute Gasteiger partial charge is 0.216 e. The summed E-state index contributed by atoms with van der Waals surface area (Å²) in [7, 11) is 0. The van der Waals surface area contributed by atoms with Crippen LogP contribution >= 0.6 is 0 Å². The van der Waals surface area contributed by atoms with Crippen LogP contribution in [0.2, 0.25) is 0 Å². The average Bonchev–Trinajstić information content (AvgIpc) is 2.39. The van der Waals surface area contributed by atoms with E-state index in [1.807, 2.05) is 0 Å². The van der Waals surface area contributed by atoms with Crippen LogP contribution in [0.25, 0.3) is 0 Å². The molecule has 0 spiro atoms. The highest BCUT2D eigenvalue weighted by atomic mass is 16.7. The molecule has 0 amide bonds. The molecular formula is C6H10O5. The van der Waals surface area contributed by atoms with Gasteiger partial charge in [-0.2, -0.15) is 0 Å². The third-order valence-corrected chi connectivity index (χ3v) is 2.07. The van der Waals surface area contributed by atoms with Gasteiger partial charge in [0.05, 0.1) is 6.61 Å². The second kappa shape index (κ2) is 2.15. The Kier molecular flexibility index (Phi) is 1.45. The number of hydrogen-bond donors (Lipinski definition) is 3. The molecule has 64 valence electrons. The summed E-state index contributed by atoms with van der Waals surface area (Å²) >= 11 is 0. The van der Waals surface area contributed by atoms with Gasteiger partial charge in [-0.05, 0) is 0 Å². The van der Waals surface area contributed by atoms with Crippen molar-refractivity contribution in [2.75, 3.05) is 13.2 Å². The van der Waals surface area contributed by atoms with E-state index in [4.69, 9.17) is 14.6 Å². The Balaban J connectivity index is 2.17. The molecule has 5 heteroatoms. The Morgan fingerprint density at radius 1 is 1.27 bits per heavy atom. The summed E-state index contributed by atoms with van der Waals surface area (Å²) in [6.45, 7) is -0.0857. The molecule has 2 saturated heterocycles. The topological polar surface area (TPSA) is 79.2 Å². The number of fused-ring (bicyclic) bond motifs is 1. The zero-order valence-electron chi connectivity index (χ0n) is 5.80. The predicted octanol–water partition coefficient (Wildman–Crippen LogP) is -2.17. The largest absolute Gasteiger partial charge is 0.388 e. The van der Waals surface area contributed by atoms with Crippen LogP contribution < -0.4 is 0 Å². The highest BCUT2D eigenvalue weighted by molar-refractivity contribution is 4.97. The lowest BCUT2D eigenvalue weighted by atomic mass is 10.1. The molecule has 0 unspecified atom stereocenters. The van der Waals surface area contributed by atoms with Crippen molar-refractivity contribution in [2.45, 2.75) is 24.1 Å². The van der Waals surface area contributed by atoms with Crippen LogP contribution in [0, 0.1) is 0 Å². The Morgan fingerprint density at radius 3 is 2.64 bits per heavy atom. The highest BCUT2D eigenvalue weighted by Gasteiger charge is 2.55. The van der Waals surface area contributed by atoms with Crippen molar-refractivity contribution < 1.29 is 24.8 Å². The molecule has 0 aliphatic carbocycles. The van der Waals surface area contributed by atoms with Gasteiger partial charge in [-0.1, -0.05) is 0 Å². The standard InChI is InChI=1S/C6H10O5/c7-3-1-10-5-4(3)11-2-6(5,8)9/h3-5,7-9H,1-2H2/t3-,4+,5-/m0/s1. The van der Waals surface area contributed by atoms with Crippen molar-refractivity contribution in [3.63, 3.8) is 0 Å². The molecule has 3 N–H and O–H groups in total. The van der Waals surface area contributed by atoms with Crippen molar-refractivity contribution in [3.05, 3.63) is 0 Å². The van der Waals surface area contributed by atoms with Gasteiger partial charge < -0.3 is 24.8 Å². The molecule has 2 rings (SSSR count). The average molecular weight is 162 g/mol. The summed E-state index contributed by atoms with van der Waals surface area (Å²) in [6.07, 6.45) is -2.11. The number of hydrogen-bond acceptors (Lipinski definition) is 5. The molecule has 3 atom stereocenters. The SMILES string of the molecule is O[C@H]1CO[C@H]2[C@@H]1OCC2(O)O. The molecular weight excluding hydrogens is 152 g/mol. The maximum Gasteiger partial charge on any atom is 0.216 e. The fourth-order valence-electron chi connectivity index (χ4n) is 1.49. The first-order valence-electron chi connectivity index (χ1n) is 3.47. The monoisotopic (exact) mass is 162 g/mol. The maximum absolute atomic E-state index is 9.18. The van der Waals surface area contributed by atoms with Crippen LogP contribution in [0.15, 0.2) is 0 Å². The number of aliphatic hydroxyl groups excluding tert-OH is 1. The van der Waals surface area contributed by atoms with E-state index in [0.717, 1.165) is 0 Å². The van der Waals surface area contributed by atoms with Gasteiger partial charge in [-0.25, -0.2) is 0 Å². The third-order valence-electron chi connectivity index (χ3n) is 2.07. The molecule has 2 aliphatic heterocycles. The molecule has 5 nitrogen and oxygen atoms in total. The van der Waals surface area contributed by atoms with Crippen molar-refractivity contribution >= 4 is 0 Å². The Morgan fingerprint density at radius 2 is 2.00 bits per heavy atom. The predicted molar refractivity (Wildman–Crippen MR) is 32.7 cm³/mol. The first-order chi connectivity index (χ1) is 5.11. The maximum atomic E-state index is 9.18.